The minimum Gasteiger partial charge on any atom is -0.493 e. The smallest absolute Gasteiger partial charge is 0.222 e. The summed E-state index contributed by atoms with van der Waals surface area (Å²) in [5.41, 5.74) is 1.07. The number of carbonyl (C=O) groups excluding carboxylic acids is 1. The van der Waals surface area contributed by atoms with E-state index in [1.807, 2.05) is 22.7 Å². The van der Waals surface area contributed by atoms with Gasteiger partial charge in [-0.05, 0) is 49.6 Å². The molecule has 1 atom stereocenters. The molecule has 1 aliphatic rings. The van der Waals surface area contributed by atoms with Gasteiger partial charge in [-0.2, -0.15) is 5.10 Å². The number of rotatable bonds is 6. The average Bonchev–Trinajstić information content (AvgIpc) is 3.04. The Kier molecular flexibility index (Phi) is 5.68. The molecule has 25 heavy (non-hydrogen) atoms. The number of hydrogen-bond donors (Lipinski definition) is 0. The monoisotopic (exact) mass is 345 g/mol. The van der Waals surface area contributed by atoms with Crippen LogP contribution >= 0.6 is 0 Å². The first-order valence-corrected chi connectivity index (χ1v) is 8.75. The Labute approximate surface area is 147 Å². The first-order valence-electron chi connectivity index (χ1n) is 8.75. The zero-order valence-corrected chi connectivity index (χ0v) is 14.5. The van der Waals surface area contributed by atoms with Crippen LogP contribution in [0.15, 0.2) is 36.5 Å². The van der Waals surface area contributed by atoms with Crippen molar-refractivity contribution in [3.8, 4) is 5.75 Å². The predicted octanol–water partition coefficient (Wildman–Crippen LogP) is 2.81. The summed E-state index contributed by atoms with van der Waals surface area (Å²) in [7, 11) is 1.89. The van der Waals surface area contributed by atoms with Gasteiger partial charge in [-0.15, -0.1) is 0 Å². The van der Waals surface area contributed by atoms with Gasteiger partial charge in [0.2, 0.25) is 5.91 Å². The van der Waals surface area contributed by atoms with Crippen molar-refractivity contribution in [3.63, 3.8) is 0 Å². The van der Waals surface area contributed by atoms with E-state index in [9.17, 15) is 9.18 Å². The lowest BCUT2D eigenvalue weighted by Gasteiger charge is -2.32. The number of amides is 1. The van der Waals surface area contributed by atoms with Crippen molar-refractivity contribution in [1.29, 1.82) is 0 Å². The fraction of sp³-hybridized carbons (Fsp3) is 0.474. The van der Waals surface area contributed by atoms with Crippen LogP contribution in [0.3, 0.4) is 0 Å². The van der Waals surface area contributed by atoms with Crippen LogP contribution in [-0.4, -0.2) is 40.3 Å². The van der Waals surface area contributed by atoms with Crippen molar-refractivity contribution in [3.05, 3.63) is 48.0 Å². The molecule has 0 saturated carbocycles. The maximum absolute atomic E-state index is 12.9. The second-order valence-corrected chi connectivity index (χ2v) is 6.56. The van der Waals surface area contributed by atoms with Gasteiger partial charge in [0.1, 0.15) is 11.6 Å². The molecule has 0 radical (unpaired) electrons. The Balaban J connectivity index is 1.46. The number of aromatic nitrogens is 2. The summed E-state index contributed by atoms with van der Waals surface area (Å²) in [6.45, 7) is 2.10. The van der Waals surface area contributed by atoms with E-state index in [1.54, 1.807) is 18.3 Å². The van der Waals surface area contributed by atoms with Gasteiger partial charge in [0.05, 0.1) is 6.61 Å². The third-order valence-corrected chi connectivity index (χ3v) is 4.69. The number of likely N-dealkylation sites (tertiary alicyclic amines) is 1. The molecule has 1 aliphatic heterocycles. The molecule has 1 fully saturated rings. The van der Waals surface area contributed by atoms with Gasteiger partial charge in [0.15, 0.2) is 0 Å². The van der Waals surface area contributed by atoms with E-state index in [0.717, 1.165) is 31.6 Å². The lowest BCUT2D eigenvalue weighted by atomic mass is 9.98. The number of piperidine rings is 1. The molecule has 0 unspecified atom stereocenters. The van der Waals surface area contributed by atoms with Gasteiger partial charge in [-0.3, -0.25) is 9.48 Å². The molecule has 0 bridgehead atoms. The molecule has 1 aromatic carbocycles. The summed E-state index contributed by atoms with van der Waals surface area (Å²) in [6, 6.07) is 8.00. The molecule has 2 heterocycles. The number of halogens is 1. The van der Waals surface area contributed by atoms with Crippen LogP contribution in [0, 0.1) is 11.7 Å². The lowest BCUT2D eigenvalue weighted by Crippen LogP contribution is -2.41. The SMILES string of the molecule is Cn1nccc1CCC(=O)N1CCC[C@@H](COc2ccc(F)cc2)C1. The van der Waals surface area contributed by atoms with Crippen LogP contribution in [0.5, 0.6) is 5.75 Å². The Morgan fingerprint density at radius 1 is 1.32 bits per heavy atom. The summed E-state index contributed by atoms with van der Waals surface area (Å²) in [5, 5.41) is 4.13. The molecule has 3 rings (SSSR count). The van der Waals surface area contributed by atoms with Crippen molar-refractivity contribution in [2.75, 3.05) is 19.7 Å². The Bertz CT molecular complexity index is 699. The van der Waals surface area contributed by atoms with Gasteiger partial charge in [-0.1, -0.05) is 0 Å². The number of benzene rings is 1. The largest absolute Gasteiger partial charge is 0.493 e. The van der Waals surface area contributed by atoms with Gasteiger partial charge >= 0.3 is 0 Å². The third kappa shape index (κ3) is 4.81. The van der Waals surface area contributed by atoms with Gasteiger partial charge in [-0.25, -0.2) is 4.39 Å². The van der Waals surface area contributed by atoms with Crippen molar-refractivity contribution in [2.45, 2.75) is 25.7 Å². The molecule has 134 valence electrons. The van der Waals surface area contributed by atoms with Crippen LogP contribution in [0.2, 0.25) is 0 Å². The summed E-state index contributed by atoms with van der Waals surface area (Å²) in [6.07, 6.45) is 5.01. The van der Waals surface area contributed by atoms with Gasteiger partial charge in [0, 0.05) is 44.4 Å². The molecular formula is C19H24FN3O2. The maximum Gasteiger partial charge on any atom is 0.222 e. The normalized spacial score (nSPS) is 17.5. The molecule has 1 amide bonds. The molecular weight excluding hydrogens is 321 g/mol. The molecule has 0 aliphatic carbocycles. The van der Waals surface area contributed by atoms with E-state index < -0.39 is 0 Å². The number of hydrogen-bond acceptors (Lipinski definition) is 3. The highest BCUT2D eigenvalue weighted by Gasteiger charge is 2.24. The number of carbonyl (C=O) groups is 1. The first-order chi connectivity index (χ1) is 12.1. The molecule has 6 heteroatoms. The maximum atomic E-state index is 12.9. The van der Waals surface area contributed by atoms with E-state index in [2.05, 4.69) is 5.10 Å². The molecule has 2 aromatic rings. The number of nitrogens with zero attached hydrogens (tertiary/aromatic N) is 3. The van der Waals surface area contributed by atoms with Crippen LogP contribution in [-0.2, 0) is 18.3 Å². The van der Waals surface area contributed by atoms with Crippen LogP contribution in [0.25, 0.3) is 0 Å². The molecule has 1 aromatic heterocycles. The number of ether oxygens (including phenoxy) is 1. The second kappa shape index (κ2) is 8.14. The topological polar surface area (TPSA) is 47.4 Å². The molecule has 0 N–H and O–H groups in total. The zero-order chi connectivity index (χ0) is 17.6. The van der Waals surface area contributed by atoms with Crippen molar-refractivity contribution < 1.29 is 13.9 Å². The Hall–Kier alpha value is -2.37. The Morgan fingerprint density at radius 3 is 2.84 bits per heavy atom. The summed E-state index contributed by atoms with van der Waals surface area (Å²) >= 11 is 0. The predicted molar refractivity (Wildman–Crippen MR) is 92.7 cm³/mol. The standard InChI is InChI=1S/C19H24FN3O2/c1-22-17(10-11-21-22)6-9-19(24)23-12-2-3-15(13-23)14-25-18-7-4-16(20)5-8-18/h4-5,7-8,10-11,15H,2-3,6,9,12-14H2,1H3/t15-/m1/s1. The number of aryl methyl sites for hydroxylation is 2. The zero-order valence-electron chi connectivity index (χ0n) is 14.5. The van der Waals surface area contributed by atoms with Crippen LogP contribution in [0.4, 0.5) is 4.39 Å². The van der Waals surface area contributed by atoms with E-state index in [1.165, 1.54) is 12.1 Å². The highest BCUT2D eigenvalue weighted by molar-refractivity contribution is 5.76. The lowest BCUT2D eigenvalue weighted by molar-refractivity contribution is -0.133. The fourth-order valence-electron chi connectivity index (χ4n) is 3.21. The molecule has 0 spiro atoms. The Morgan fingerprint density at radius 2 is 2.12 bits per heavy atom. The third-order valence-electron chi connectivity index (χ3n) is 4.69. The first kappa shape index (κ1) is 17.5. The fourth-order valence-corrected chi connectivity index (χ4v) is 3.21. The van der Waals surface area contributed by atoms with Crippen LogP contribution in [0.1, 0.15) is 25.0 Å². The summed E-state index contributed by atoms with van der Waals surface area (Å²) in [4.78, 5) is 14.4. The summed E-state index contributed by atoms with van der Waals surface area (Å²) in [5.74, 6) is 0.906. The highest BCUT2D eigenvalue weighted by atomic mass is 19.1. The average molecular weight is 345 g/mol. The van der Waals surface area contributed by atoms with Gasteiger partial charge in [0.25, 0.3) is 0 Å². The van der Waals surface area contributed by atoms with Crippen LogP contribution < -0.4 is 4.74 Å². The van der Waals surface area contributed by atoms with Gasteiger partial charge < -0.3 is 9.64 Å². The highest BCUT2D eigenvalue weighted by Crippen LogP contribution is 2.20. The van der Waals surface area contributed by atoms with Crippen molar-refractivity contribution >= 4 is 5.91 Å². The van der Waals surface area contributed by atoms with E-state index in [-0.39, 0.29) is 11.7 Å². The van der Waals surface area contributed by atoms with Crippen molar-refractivity contribution in [1.82, 2.24) is 14.7 Å². The van der Waals surface area contributed by atoms with E-state index >= 15 is 0 Å². The molecule has 1 saturated heterocycles. The minimum atomic E-state index is -0.268. The second-order valence-electron chi connectivity index (χ2n) is 6.56. The quantitative estimate of drug-likeness (QED) is 0.809. The van der Waals surface area contributed by atoms with E-state index in [0.29, 0.717) is 31.1 Å². The van der Waals surface area contributed by atoms with Crippen molar-refractivity contribution in [2.24, 2.45) is 13.0 Å². The minimum absolute atomic E-state index is 0.188. The molecule has 5 nitrogen and oxygen atoms in total. The van der Waals surface area contributed by atoms with E-state index in [4.69, 9.17) is 4.74 Å². The summed E-state index contributed by atoms with van der Waals surface area (Å²) < 4.78 is 20.5.